The van der Waals surface area contributed by atoms with Crippen LogP contribution >= 0.6 is 22.9 Å². The Balaban J connectivity index is 3.08. The quantitative estimate of drug-likeness (QED) is 0.589. The van der Waals surface area contributed by atoms with Crippen molar-refractivity contribution in [3.05, 3.63) is 16.1 Å². The van der Waals surface area contributed by atoms with Gasteiger partial charge in [0.15, 0.2) is 0 Å². The van der Waals surface area contributed by atoms with Crippen molar-refractivity contribution in [2.45, 2.75) is 6.92 Å². The maximum atomic E-state index is 10.5. The first-order valence-electron chi connectivity index (χ1n) is 2.31. The molecule has 9 heavy (non-hydrogen) atoms. The van der Waals surface area contributed by atoms with Crippen molar-refractivity contribution in [2.75, 3.05) is 0 Å². The smallest absolute Gasteiger partial charge is 0.264 e. The third kappa shape index (κ3) is 1.28. The van der Waals surface area contributed by atoms with Gasteiger partial charge in [0, 0.05) is 0 Å². The molecule has 0 aliphatic rings. The normalized spacial score (nSPS) is 9.56. The van der Waals surface area contributed by atoms with Crippen LogP contribution in [0.5, 0.6) is 0 Å². The Kier molecular flexibility index (Phi) is 1.83. The van der Waals surface area contributed by atoms with E-state index >= 15 is 0 Å². The topological polar surface area (TPSA) is 30.0 Å². The molecule has 0 spiro atoms. The molecule has 1 aromatic heterocycles. The van der Waals surface area contributed by atoms with Gasteiger partial charge >= 0.3 is 0 Å². The van der Waals surface area contributed by atoms with Crippen molar-refractivity contribution in [3.63, 3.8) is 0 Å². The first-order chi connectivity index (χ1) is 4.22. The molecule has 0 aliphatic heterocycles. The third-order valence-corrected chi connectivity index (χ3v) is 2.15. The highest BCUT2D eigenvalue weighted by Gasteiger charge is 2.06. The Hall–Kier alpha value is -0.410. The number of thiazole rings is 1. The molecule has 0 saturated carbocycles. The average Bonchev–Trinajstić information content (AvgIpc) is 2.13. The molecule has 0 unspecified atom stereocenters. The monoisotopic (exact) mass is 161 g/mol. The number of halogens is 1. The van der Waals surface area contributed by atoms with Crippen LogP contribution in [0, 0.1) is 6.92 Å². The maximum Gasteiger partial charge on any atom is 0.264 e. The molecule has 1 heterocycles. The van der Waals surface area contributed by atoms with Crippen molar-refractivity contribution >= 4 is 28.2 Å². The molecule has 48 valence electrons. The van der Waals surface area contributed by atoms with Crippen molar-refractivity contribution in [1.82, 2.24) is 4.98 Å². The van der Waals surface area contributed by atoms with E-state index in [1.165, 1.54) is 11.3 Å². The molecule has 0 amide bonds. The van der Waals surface area contributed by atoms with E-state index in [1.54, 1.807) is 12.4 Å². The van der Waals surface area contributed by atoms with Crippen LogP contribution in [0.2, 0.25) is 0 Å². The second kappa shape index (κ2) is 2.45. The van der Waals surface area contributed by atoms with E-state index in [9.17, 15) is 4.79 Å². The number of nitrogens with zero attached hydrogens (tertiary/aromatic N) is 1. The highest BCUT2D eigenvalue weighted by Crippen LogP contribution is 2.13. The summed E-state index contributed by atoms with van der Waals surface area (Å²) in [5, 5.41) is -0.421. The van der Waals surface area contributed by atoms with Gasteiger partial charge in [0.2, 0.25) is 0 Å². The fraction of sp³-hybridized carbons (Fsp3) is 0.200. The lowest BCUT2D eigenvalue weighted by atomic mass is 10.4. The highest BCUT2D eigenvalue weighted by atomic mass is 35.5. The van der Waals surface area contributed by atoms with Gasteiger partial charge in [-0.25, -0.2) is 4.98 Å². The van der Waals surface area contributed by atoms with E-state index < -0.39 is 5.24 Å². The Labute approximate surface area is 61.5 Å². The standard InChI is InChI=1S/C5H4ClNOS/c1-3-4(5(6)8)9-2-7-3/h2H,1H3. The number of aromatic nitrogens is 1. The van der Waals surface area contributed by atoms with Gasteiger partial charge in [-0.15, -0.1) is 11.3 Å². The van der Waals surface area contributed by atoms with Crippen molar-refractivity contribution in [1.29, 1.82) is 0 Å². The van der Waals surface area contributed by atoms with Crippen LogP contribution in [-0.2, 0) is 0 Å². The fourth-order valence-corrected chi connectivity index (χ4v) is 1.39. The molecule has 1 rings (SSSR count). The fourth-order valence-electron chi connectivity index (χ4n) is 0.491. The molecule has 0 bridgehead atoms. The van der Waals surface area contributed by atoms with Crippen molar-refractivity contribution in [3.8, 4) is 0 Å². The summed E-state index contributed by atoms with van der Waals surface area (Å²) in [5.74, 6) is 0. The second-order valence-corrected chi connectivity index (χ2v) is 2.74. The summed E-state index contributed by atoms with van der Waals surface area (Å²) in [7, 11) is 0. The van der Waals surface area contributed by atoms with Gasteiger partial charge in [0.25, 0.3) is 5.24 Å². The van der Waals surface area contributed by atoms with E-state index in [4.69, 9.17) is 11.6 Å². The minimum Gasteiger partial charge on any atom is -0.275 e. The number of carbonyl (C=O) groups is 1. The minimum absolute atomic E-state index is 0.421. The summed E-state index contributed by atoms with van der Waals surface area (Å²) in [5.41, 5.74) is 2.31. The van der Waals surface area contributed by atoms with Gasteiger partial charge in [0.05, 0.1) is 11.2 Å². The molecule has 4 heteroatoms. The molecule has 0 aliphatic carbocycles. The predicted octanol–water partition coefficient (Wildman–Crippen LogP) is 1.83. The minimum atomic E-state index is -0.421. The summed E-state index contributed by atoms with van der Waals surface area (Å²) in [6, 6.07) is 0. The molecular weight excluding hydrogens is 158 g/mol. The van der Waals surface area contributed by atoms with Crippen LogP contribution in [0.25, 0.3) is 0 Å². The average molecular weight is 162 g/mol. The Morgan fingerprint density at radius 3 is 2.78 bits per heavy atom. The zero-order chi connectivity index (χ0) is 6.85. The van der Waals surface area contributed by atoms with E-state index in [0.717, 1.165) is 0 Å². The van der Waals surface area contributed by atoms with Gasteiger partial charge in [-0.2, -0.15) is 0 Å². The number of carbonyl (C=O) groups excluding carboxylic acids is 1. The molecule has 0 N–H and O–H groups in total. The van der Waals surface area contributed by atoms with Gasteiger partial charge in [-0.1, -0.05) is 0 Å². The summed E-state index contributed by atoms with van der Waals surface area (Å²) in [4.78, 5) is 14.9. The van der Waals surface area contributed by atoms with Crippen molar-refractivity contribution in [2.24, 2.45) is 0 Å². The SMILES string of the molecule is Cc1ncsc1C(=O)Cl. The molecule has 0 aromatic carbocycles. The molecule has 1 aromatic rings. The summed E-state index contributed by atoms with van der Waals surface area (Å²) >= 11 is 6.45. The zero-order valence-corrected chi connectivity index (χ0v) is 6.29. The lowest BCUT2D eigenvalue weighted by Crippen LogP contribution is -1.85. The molecule has 0 fully saturated rings. The molecule has 0 atom stereocenters. The van der Waals surface area contributed by atoms with Gasteiger partial charge in [-0.05, 0) is 18.5 Å². The Morgan fingerprint density at radius 1 is 1.89 bits per heavy atom. The van der Waals surface area contributed by atoms with Crippen LogP contribution < -0.4 is 0 Å². The van der Waals surface area contributed by atoms with Crippen LogP contribution in [0.3, 0.4) is 0 Å². The number of hydrogen-bond acceptors (Lipinski definition) is 3. The van der Waals surface area contributed by atoms with Crippen LogP contribution in [0.1, 0.15) is 15.4 Å². The first kappa shape index (κ1) is 6.71. The lowest BCUT2D eigenvalue weighted by molar-refractivity contribution is 0.108. The van der Waals surface area contributed by atoms with Crippen molar-refractivity contribution < 1.29 is 4.79 Å². The third-order valence-electron chi connectivity index (χ3n) is 0.924. The van der Waals surface area contributed by atoms with E-state index in [2.05, 4.69) is 4.98 Å². The lowest BCUT2D eigenvalue weighted by Gasteiger charge is -1.83. The number of hydrogen-bond donors (Lipinski definition) is 0. The number of aryl methyl sites for hydroxylation is 1. The summed E-state index contributed by atoms with van der Waals surface area (Å²) < 4.78 is 0. The molecule has 0 radical (unpaired) electrons. The predicted molar refractivity (Wildman–Crippen MR) is 37.0 cm³/mol. The largest absolute Gasteiger partial charge is 0.275 e. The second-order valence-electron chi connectivity index (χ2n) is 1.54. The Morgan fingerprint density at radius 2 is 2.56 bits per heavy atom. The Bertz CT molecular complexity index is 233. The maximum absolute atomic E-state index is 10.5. The van der Waals surface area contributed by atoms with Gasteiger partial charge in [-0.3, -0.25) is 4.79 Å². The van der Waals surface area contributed by atoms with Gasteiger partial charge < -0.3 is 0 Å². The molecule has 0 saturated heterocycles. The van der Waals surface area contributed by atoms with E-state index in [-0.39, 0.29) is 0 Å². The summed E-state index contributed by atoms with van der Waals surface area (Å²) in [6.07, 6.45) is 0. The van der Waals surface area contributed by atoms with Crippen LogP contribution in [-0.4, -0.2) is 10.2 Å². The van der Waals surface area contributed by atoms with Crippen LogP contribution in [0.15, 0.2) is 5.51 Å². The van der Waals surface area contributed by atoms with E-state index in [0.29, 0.717) is 10.6 Å². The zero-order valence-electron chi connectivity index (χ0n) is 4.72. The molecule has 2 nitrogen and oxygen atoms in total. The first-order valence-corrected chi connectivity index (χ1v) is 3.57. The van der Waals surface area contributed by atoms with Gasteiger partial charge in [0.1, 0.15) is 4.88 Å². The highest BCUT2D eigenvalue weighted by molar-refractivity contribution is 7.13. The van der Waals surface area contributed by atoms with Crippen LogP contribution in [0.4, 0.5) is 0 Å². The number of rotatable bonds is 1. The summed E-state index contributed by atoms with van der Waals surface area (Å²) in [6.45, 7) is 1.76. The van der Waals surface area contributed by atoms with E-state index in [1.807, 2.05) is 0 Å². The molecular formula is C5H4ClNOS.